The molecule has 0 rings (SSSR count). The predicted octanol–water partition coefficient (Wildman–Crippen LogP) is -1.43. The number of hydrogen-bond acceptors (Lipinski definition) is 2. The molecule has 0 radical (unpaired) electrons. The first-order valence-corrected chi connectivity index (χ1v) is 2.62. The third-order valence-corrected chi connectivity index (χ3v) is 1.50. The van der Waals surface area contributed by atoms with E-state index in [1.54, 1.807) is 0 Å². The van der Waals surface area contributed by atoms with Crippen LogP contribution >= 0.6 is 0 Å². The van der Waals surface area contributed by atoms with E-state index in [9.17, 15) is 0 Å². The molecule has 0 aromatic carbocycles. The summed E-state index contributed by atoms with van der Waals surface area (Å²) in [6.45, 7) is 0. The summed E-state index contributed by atoms with van der Waals surface area (Å²) in [6, 6.07) is 0. The Labute approximate surface area is 51.7 Å². The van der Waals surface area contributed by atoms with Crippen molar-refractivity contribution < 1.29 is 6.50 Å². The average molecular weight is 289 g/mol. The van der Waals surface area contributed by atoms with Crippen LogP contribution in [0.4, 0.5) is 0 Å². The Kier molecular flexibility index (Phi) is 6.19. The van der Waals surface area contributed by atoms with Crippen LogP contribution in [-0.2, 0) is 6.50 Å². The molecule has 0 atom stereocenters. The first kappa shape index (κ1) is 5.50. The molecule has 0 bridgehead atoms. The number of hydrogen-bond donors (Lipinski definition) is 0. The summed E-state index contributed by atoms with van der Waals surface area (Å²) in [5, 5.41) is 0. The Morgan fingerprint density at radius 3 is 1.25 bits per heavy atom. The molecule has 2 nitrogen and oxygen atoms in total. The first-order valence-electron chi connectivity index (χ1n) is 0.532. The van der Waals surface area contributed by atoms with Crippen LogP contribution in [0.1, 0.15) is 0 Å². The van der Waals surface area contributed by atoms with Crippen LogP contribution in [0.15, 0.2) is 0 Å². The van der Waals surface area contributed by atoms with Crippen molar-refractivity contribution >= 4 is 45.4 Å². The Morgan fingerprint density at radius 1 is 1.00 bits per heavy atom. The van der Waals surface area contributed by atoms with Crippen molar-refractivity contribution in [3.05, 3.63) is 0 Å². The van der Waals surface area contributed by atoms with Crippen molar-refractivity contribution in [2.75, 3.05) is 0 Å². The number of rotatable bonds is 1. The van der Waals surface area contributed by atoms with Gasteiger partial charge < -0.3 is 0 Å². The van der Waals surface area contributed by atoms with Crippen molar-refractivity contribution in [3.8, 4) is 0 Å². The van der Waals surface area contributed by atoms with E-state index in [2.05, 4.69) is 6.50 Å². The zero-order valence-electron chi connectivity index (χ0n) is 1.71. The maximum absolute atomic E-state index is 4.11. The standard InChI is InChI=1S/H2O2Te2/c3-1-2-4/h3-4H. The van der Waals surface area contributed by atoms with Gasteiger partial charge in [-0.15, -0.1) is 0 Å². The van der Waals surface area contributed by atoms with Gasteiger partial charge >= 0.3 is 51.9 Å². The molecule has 0 heterocycles. The van der Waals surface area contributed by atoms with Crippen LogP contribution in [0, 0.1) is 0 Å². The molecule has 0 saturated heterocycles. The van der Waals surface area contributed by atoms with E-state index in [1.807, 2.05) is 0 Å². The van der Waals surface area contributed by atoms with E-state index < -0.39 is 0 Å². The van der Waals surface area contributed by atoms with Crippen LogP contribution in [-0.4, -0.2) is 45.4 Å². The Bertz CT molecular complexity index is 6.00. The molecule has 0 aliphatic rings. The van der Waals surface area contributed by atoms with Gasteiger partial charge in [-0.25, -0.2) is 0 Å². The SMILES string of the molecule is [TeH]OO[TeH]. The van der Waals surface area contributed by atoms with Crippen LogP contribution in [0.5, 0.6) is 0 Å². The van der Waals surface area contributed by atoms with Gasteiger partial charge in [0.15, 0.2) is 0 Å². The van der Waals surface area contributed by atoms with E-state index in [-0.39, 0.29) is 0 Å². The van der Waals surface area contributed by atoms with Crippen LogP contribution in [0.25, 0.3) is 0 Å². The molecule has 0 saturated carbocycles. The van der Waals surface area contributed by atoms with Crippen molar-refractivity contribution in [2.24, 2.45) is 0 Å². The Balaban J connectivity index is 1.97. The average Bonchev–Trinajstić information content (AvgIpc) is 1.37. The van der Waals surface area contributed by atoms with E-state index in [0.29, 0.717) is 0 Å². The fourth-order valence-electron chi connectivity index (χ4n) is 0. The van der Waals surface area contributed by atoms with Gasteiger partial charge in [0, 0.05) is 0 Å². The molecule has 4 heavy (non-hydrogen) atoms. The fourth-order valence-corrected chi connectivity index (χ4v) is 0. The fraction of sp³-hybridized carbons (Fsp3) is 0. The summed E-state index contributed by atoms with van der Waals surface area (Å²) in [5.74, 6) is 0. The molecule has 0 unspecified atom stereocenters. The van der Waals surface area contributed by atoms with Gasteiger partial charge in [0.2, 0.25) is 0 Å². The van der Waals surface area contributed by atoms with Gasteiger partial charge in [-0.3, -0.25) is 0 Å². The third-order valence-electron chi connectivity index (χ3n) is 0.0333. The normalized spacial score (nSPS) is 7.50. The predicted molar refractivity (Wildman–Crippen MR) is 16.5 cm³/mol. The van der Waals surface area contributed by atoms with Gasteiger partial charge in [-0.2, -0.15) is 0 Å². The molecule has 4 heteroatoms. The zero-order valence-corrected chi connectivity index (χ0v) is 6.82. The van der Waals surface area contributed by atoms with Gasteiger partial charge in [0.25, 0.3) is 0 Å². The molecule has 0 aliphatic heterocycles. The van der Waals surface area contributed by atoms with Gasteiger partial charge in [0.1, 0.15) is 0 Å². The second-order valence-corrected chi connectivity index (χ2v) is 1.00. The molecule has 0 spiro atoms. The van der Waals surface area contributed by atoms with Crippen molar-refractivity contribution in [2.45, 2.75) is 0 Å². The van der Waals surface area contributed by atoms with E-state index >= 15 is 0 Å². The molecule has 0 amide bonds. The van der Waals surface area contributed by atoms with E-state index in [1.165, 1.54) is 45.4 Å². The Morgan fingerprint density at radius 2 is 1.25 bits per heavy atom. The third kappa shape index (κ3) is 3.50. The van der Waals surface area contributed by atoms with Crippen LogP contribution in [0.2, 0.25) is 0 Å². The van der Waals surface area contributed by atoms with E-state index in [0.717, 1.165) is 0 Å². The second-order valence-electron chi connectivity index (χ2n) is 0.149. The van der Waals surface area contributed by atoms with Crippen LogP contribution < -0.4 is 0 Å². The first-order chi connectivity index (χ1) is 1.91. The molecule has 0 N–H and O–H groups in total. The summed E-state index contributed by atoms with van der Waals surface area (Å²) < 4.78 is 8.23. The summed E-state index contributed by atoms with van der Waals surface area (Å²) in [7, 11) is 0. The topological polar surface area (TPSA) is 18.5 Å². The zero-order chi connectivity index (χ0) is 3.41. The van der Waals surface area contributed by atoms with E-state index in [4.69, 9.17) is 0 Å². The minimum atomic E-state index is 1.19. The van der Waals surface area contributed by atoms with Crippen molar-refractivity contribution in [1.82, 2.24) is 0 Å². The second kappa shape index (κ2) is 4.50. The molecular formula is H2O2Te2. The molecular weight excluding hydrogens is 287 g/mol. The monoisotopic (exact) mass is 294 g/mol. The molecule has 0 aliphatic carbocycles. The van der Waals surface area contributed by atoms with Crippen molar-refractivity contribution in [3.63, 3.8) is 0 Å². The summed E-state index contributed by atoms with van der Waals surface area (Å²) in [6.07, 6.45) is 0. The van der Waals surface area contributed by atoms with Gasteiger partial charge in [0.05, 0.1) is 0 Å². The summed E-state index contributed by atoms with van der Waals surface area (Å²) in [5.41, 5.74) is 0. The minimum absolute atomic E-state index is 1.19. The molecule has 0 aromatic heterocycles. The van der Waals surface area contributed by atoms with Crippen LogP contribution in [0.3, 0.4) is 0 Å². The van der Waals surface area contributed by atoms with Gasteiger partial charge in [-0.05, 0) is 0 Å². The van der Waals surface area contributed by atoms with Crippen molar-refractivity contribution in [1.29, 1.82) is 0 Å². The molecule has 26 valence electrons. The maximum atomic E-state index is 4.11. The molecule has 0 aromatic rings. The Hall–Kier alpha value is 1.50. The molecule has 0 fully saturated rings. The quantitative estimate of drug-likeness (QED) is 0.335. The van der Waals surface area contributed by atoms with Gasteiger partial charge in [-0.1, -0.05) is 0 Å². The summed E-state index contributed by atoms with van der Waals surface area (Å²) in [4.78, 5) is 0. The summed E-state index contributed by atoms with van der Waals surface area (Å²) >= 11 is 2.37.